The third-order valence-electron chi connectivity index (χ3n) is 6.32. The molecule has 0 saturated heterocycles. The Labute approximate surface area is 197 Å². The number of hydrogen-bond donors (Lipinski definition) is 0. The van der Waals surface area contributed by atoms with Crippen molar-refractivity contribution in [3.05, 3.63) is 97.1 Å². The number of aromatic nitrogens is 2. The Morgan fingerprint density at radius 1 is 0.515 bits per heavy atom. The van der Waals surface area contributed by atoms with Crippen molar-refractivity contribution in [1.29, 1.82) is 0 Å². The van der Waals surface area contributed by atoms with Crippen LogP contribution in [0.1, 0.15) is 0 Å². The number of hydrogen-bond acceptors (Lipinski definition) is 4. The third kappa shape index (κ3) is 2.25. The van der Waals surface area contributed by atoms with E-state index in [1.807, 2.05) is 47.8 Å². The van der Waals surface area contributed by atoms with E-state index in [1.165, 1.54) is 9.79 Å². The molecule has 6 heteroatoms. The molecule has 33 heavy (non-hydrogen) atoms. The number of oxazole rings is 2. The molecule has 2 aromatic heterocycles. The second kappa shape index (κ2) is 6.31. The Bertz CT molecular complexity index is 1620. The standard InChI is InChI=1S/C27H16N2O2S2/c1-7-15-23-17(9-1)25-28(19-11-3-5-13-21(19)30-25)27(32-23)29-20-12-4-6-14-22(20)31-26(29)18-10-2-8-16-24(18)33-27/h1-16H/q+2. The van der Waals surface area contributed by atoms with Crippen molar-refractivity contribution in [2.75, 3.05) is 0 Å². The van der Waals surface area contributed by atoms with Gasteiger partial charge in [-0.1, -0.05) is 57.7 Å². The highest BCUT2D eigenvalue weighted by atomic mass is 32.2. The molecule has 0 bridgehead atoms. The maximum absolute atomic E-state index is 6.53. The Hall–Kier alpha value is -3.48. The summed E-state index contributed by atoms with van der Waals surface area (Å²) in [5, 5.41) is 0. The second-order valence-corrected chi connectivity index (χ2v) is 10.9. The van der Waals surface area contributed by atoms with Gasteiger partial charge >= 0.3 is 16.1 Å². The third-order valence-corrected chi connectivity index (χ3v) is 9.23. The Kier molecular flexibility index (Phi) is 3.44. The van der Waals surface area contributed by atoms with Gasteiger partial charge in [-0.05, 0) is 36.4 Å². The lowest BCUT2D eigenvalue weighted by Crippen LogP contribution is -2.72. The predicted octanol–water partition coefficient (Wildman–Crippen LogP) is 6.42. The summed E-state index contributed by atoms with van der Waals surface area (Å²) in [5.74, 6) is 1.72. The van der Waals surface area contributed by atoms with E-state index in [4.69, 9.17) is 8.83 Å². The minimum Gasteiger partial charge on any atom is -0.397 e. The van der Waals surface area contributed by atoms with E-state index in [9.17, 15) is 0 Å². The van der Waals surface area contributed by atoms with E-state index in [-0.39, 0.29) is 0 Å². The fourth-order valence-electron chi connectivity index (χ4n) is 4.94. The topological polar surface area (TPSA) is 34.0 Å². The molecule has 0 radical (unpaired) electrons. The minimum absolute atomic E-state index is 0.591. The molecule has 0 amide bonds. The van der Waals surface area contributed by atoms with Crippen molar-refractivity contribution in [1.82, 2.24) is 0 Å². The van der Waals surface area contributed by atoms with E-state index in [2.05, 4.69) is 81.9 Å². The minimum atomic E-state index is -0.591. The molecule has 4 nitrogen and oxygen atoms in total. The first kappa shape index (κ1) is 18.0. The lowest BCUT2D eigenvalue weighted by Gasteiger charge is -2.27. The lowest BCUT2D eigenvalue weighted by molar-refractivity contribution is -0.907. The zero-order valence-electron chi connectivity index (χ0n) is 17.3. The van der Waals surface area contributed by atoms with Gasteiger partial charge in [-0.3, -0.25) is 0 Å². The van der Waals surface area contributed by atoms with Crippen molar-refractivity contribution in [2.45, 2.75) is 14.1 Å². The van der Waals surface area contributed by atoms with Gasteiger partial charge in [0.2, 0.25) is 11.2 Å². The van der Waals surface area contributed by atoms with E-state index in [0.717, 1.165) is 45.1 Å². The highest BCUT2D eigenvalue weighted by Gasteiger charge is 2.66. The maximum atomic E-state index is 6.53. The monoisotopic (exact) mass is 464 g/mol. The van der Waals surface area contributed by atoms with Gasteiger partial charge in [0.1, 0.15) is 11.1 Å². The number of nitrogens with zero attached hydrogens (tertiary/aromatic N) is 2. The van der Waals surface area contributed by atoms with Crippen LogP contribution in [0.3, 0.4) is 0 Å². The molecule has 4 heterocycles. The van der Waals surface area contributed by atoms with E-state index >= 15 is 0 Å². The molecule has 0 unspecified atom stereocenters. The molecular weight excluding hydrogens is 448 g/mol. The van der Waals surface area contributed by atoms with Crippen LogP contribution >= 0.6 is 23.5 Å². The van der Waals surface area contributed by atoms with E-state index in [1.54, 1.807) is 0 Å². The predicted molar refractivity (Wildman–Crippen MR) is 129 cm³/mol. The van der Waals surface area contributed by atoms with Crippen molar-refractivity contribution < 1.29 is 18.0 Å². The molecule has 0 aliphatic carbocycles. The summed E-state index contributed by atoms with van der Waals surface area (Å²) < 4.78 is 17.2. The van der Waals surface area contributed by atoms with Gasteiger partial charge in [-0.15, -0.1) is 0 Å². The zero-order valence-corrected chi connectivity index (χ0v) is 18.9. The Balaban J connectivity index is 1.58. The fourth-order valence-corrected chi connectivity index (χ4v) is 8.13. The van der Waals surface area contributed by atoms with Gasteiger partial charge in [0.25, 0.3) is 11.0 Å². The van der Waals surface area contributed by atoms with Crippen molar-refractivity contribution >= 4 is 45.7 Å². The number of benzene rings is 4. The van der Waals surface area contributed by atoms with Crippen LogP contribution in [0.2, 0.25) is 0 Å². The van der Waals surface area contributed by atoms with Crippen molar-refractivity contribution in [2.24, 2.45) is 0 Å². The fraction of sp³-hybridized carbons (Fsp3) is 0.0370. The zero-order chi connectivity index (χ0) is 21.6. The van der Waals surface area contributed by atoms with Gasteiger partial charge in [0.05, 0.1) is 0 Å². The summed E-state index contributed by atoms with van der Waals surface area (Å²) in [7, 11) is 0. The van der Waals surface area contributed by atoms with Gasteiger partial charge < -0.3 is 8.83 Å². The molecule has 0 N–H and O–H groups in total. The first-order valence-corrected chi connectivity index (χ1v) is 12.4. The molecule has 0 fully saturated rings. The summed E-state index contributed by atoms with van der Waals surface area (Å²) >= 11 is 3.67. The average Bonchev–Trinajstić information content (AvgIpc) is 3.45. The quantitative estimate of drug-likeness (QED) is 0.243. The number of rotatable bonds is 0. The van der Waals surface area contributed by atoms with Crippen LogP contribution < -0.4 is 9.13 Å². The van der Waals surface area contributed by atoms with Gasteiger partial charge in [-0.2, -0.15) is 0 Å². The maximum Gasteiger partial charge on any atom is 0.477 e. The SMILES string of the molecule is c1ccc2c(c1)SC1(Sc3ccccc3-c3oc4ccccc4[n+]31)[n+]1c-2oc2ccccc21. The first-order valence-electron chi connectivity index (χ1n) is 10.8. The molecule has 2 aliphatic heterocycles. The second-order valence-electron chi connectivity index (χ2n) is 8.17. The smallest absolute Gasteiger partial charge is 0.397 e. The number of thioether (sulfide) groups is 2. The van der Waals surface area contributed by atoms with Crippen LogP contribution in [-0.4, -0.2) is 0 Å². The molecule has 0 atom stereocenters. The van der Waals surface area contributed by atoms with Crippen LogP contribution in [0.5, 0.6) is 0 Å². The van der Waals surface area contributed by atoms with Crippen LogP contribution in [0, 0.1) is 0 Å². The summed E-state index contributed by atoms with van der Waals surface area (Å²) in [5.41, 5.74) is 6.09. The molecule has 1 spiro atoms. The molecular formula is C27H16N2O2S2+2. The van der Waals surface area contributed by atoms with Crippen LogP contribution in [0.15, 0.2) is 116 Å². The van der Waals surface area contributed by atoms with Gasteiger partial charge in [0, 0.05) is 45.4 Å². The summed E-state index contributed by atoms with van der Waals surface area (Å²) in [6.45, 7) is 0. The van der Waals surface area contributed by atoms with Crippen molar-refractivity contribution in [3.63, 3.8) is 0 Å². The van der Waals surface area contributed by atoms with E-state index < -0.39 is 4.33 Å². The molecule has 0 saturated carbocycles. The van der Waals surface area contributed by atoms with Crippen LogP contribution in [-0.2, 0) is 4.33 Å². The average molecular weight is 465 g/mol. The van der Waals surface area contributed by atoms with Gasteiger partial charge in [-0.25, -0.2) is 0 Å². The van der Waals surface area contributed by atoms with Crippen LogP contribution in [0.25, 0.3) is 45.1 Å². The molecule has 6 aromatic rings. The molecule has 156 valence electrons. The van der Waals surface area contributed by atoms with Crippen LogP contribution in [0.4, 0.5) is 0 Å². The molecule has 4 aromatic carbocycles. The lowest BCUT2D eigenvalue weighted by atomic mass is 10.2. The number of fused-ring (bicyclic) bond motifs is 12. The summed E-state index contributed by atoms with van der Waals surface area (Å²) in [4.78, 5) is 2.37. The molecule has 8 rings (SSSR count). The highest BCUT2D eigenvalue weighted by molar-refractivity contribution is 8.16. The highest BCUT2D eigenvalue weighted by Crippen LogP contribution is 2.55. The molecule has 2 aliphatic rings. The Morgan fingerprint density at radius 3 is 1.45 bits per heavy atom. The normalized spacial score (nSPS) is 15.3. The first-order chi connectivity index (χ1) is 16.3. The largest absolute Gasteiger partial charge is 0.477 e. The van der Waals surface area contributed by atoms with E-state index in [0.29, 0.717) is 0 Å². The summed E-state index contributed by atoms with van der Waals surface area (Å²) in [6.07, 6.45) is 0. The van der Waals surface area contributed by atoms with Crippen molar-refractivity contribution in [3.8, 4) is 22.9 Å². The van der Waals surface area contributed by atoms with Gasteiger partial charge in [0.15, 0.2) is 0 Å². The Morgan fingerprint density at radius 2 is 0.939 bits per heavy atom. The number of para-hydroxylation sites is 4. The summed E-state index contributed by atoms with van der Waals surface area (Å²) in [6, 6.07) is 33.6.